The average molecular weight is 480 g/mol. The van der Waals surface area contributed by atoms with Gasteiger partial charge in [0.05, 0.1) is 16.0 Å². The molecule has 1 saturated heterocycles. The number of furan rings is 1. The van der Waals surface area contributed by atoms with Gasteiger partial charge in [0.1, 0.15) is 22.2 Å². The van der Waals surface area contributed by atoms with E-state index in [1.165, 1.54) is 11.3 Å². The monoisotopic (exact) mass is 479 g/mol. The molecular formula is C25H22ClN3O3S. The Kier molecular flexibility index (Phi) is 5.68. The van der Waals surface area contributed by atoms with Gasteiger partial charge in [0.2, 0.25) is 0 Å². The molecule has 168 valence electrons. The highest BCUT2D eigenvalue weighted by Crippen LogP contribution is 2.31. The van der Waals surface area contributed by atoms with Crippen molar-refractivity contribution in [1.29, 1.82) is 0 Å². The standard InChI is InChI=1S/C25H22ClN3O3S/c1-14-15(2)33-24-21(14)23(30)27-22(28-24)18(25(31)29-11-5-6-12-29)13-16-9-10-20(32-16)17-7-3-4-8-19(17)26/h3-4,7-10,13H,5-6,11-12H2,1-2H3,(H,27,28,30). The molecule has 0 unspecified atom stereocenters. The molecule has 33 heavy (non-hydrogen) atoms. The first-order chi connectivity index (χ1) is 15.9. The predicted octanol–water partition coefficient (Wildman–Crippen LogP) is 5.68. The Bertz CT molecular complexity index is 1460. The second kappa shape index (κ2) is 8.65. The van der Waals surface area contributed by atoms with E-state index in [0.29, 0.717) is 45.4 Å². The Labute approximate surface area is 199 Å². The second-order valence-corrected chi connectivity index (χ2v) is 9.73. The SMILES string of the molecule is Cc1sc2nc(C(=Cc3ccc(-c4ccccc4Cl)o3)C(=O)N3CCCC3)[nH]c(=O)c2c1C. The zero-order valence-electron chi connectivity index (χ0n) is 18.3. The van der Waals surface area contributed by atoms with Gasteiger partial charge in [-0.3, -0.25) is 9.59 Å². The van der Waals surface area contributed by atoms with Crippen molar-refractivity contribution < 1.29 is 9.21 Å². The molecule has 0 atom stereocenters. The lowest BCUT2D eigenvalue weighted by molar-refractivity contribution is -0.123. The Morgan fingerprint density at radius 2 is 1.94 bits per heavy atom. The molecule has 1 fully saturated rings. The van der Waals surface area contributed by atoms with Crippen LogP contribution in [0.15, 0.2) is 45.6 Å². The molecule has 1 amide bonds. The van der Waals surface area contributed by atoms with Gasteiger partial charge >= 0.3 is 0 Å². The van der Waals surface area contributed by atoms with Gasteiger partial charge in [0.25, 0.3) is 11.5 Å². The van der Waals surface area contributed by atoms with Crippen molar-refractivity contribution in [2.24, 2.45) is 0 Å². The van der Waals surface area contributed by atoms with E-state index in [1.54, 1.807) is 23.1 Å². The van der Waals surface area contributed by atoms with Gasteiger partial charge in [0, 0.05) is 23.5 Å². The Morgan fingerprint density at radius 3 is 2.70 bits per heavy atom. The summed E-state index contributed by atoms with van der Waals surface area (Å²) in [4.78, 5) is 37.3. The van der Waals surface area contributed by atoms with Gasteiger partial charge in [-0.05, 0) is 62.6 Å². The van der Waals surface area contributed by atoms with Gasteiger partial charge in [-0.2, -0.15) is 0 Å². The minimum absolute atomic E-state index is 0.171. The normalized spacial score (nSPS) is 14.4. The number of carbonyl (C=O) groups is 1. The number of aryl methyl sites for hydroxylation is 2. The number of H-pyrrole nitrogens is 1. The molecule has 0 spiro atoms. The predicted molar refractivity (Wildman–Crippen MR) is 133 cm³/mol. The maximum atomic E-state index is 13.4. The molecule has 8 heteroatoms. The number of rotatable bonds is 4. The quantitative estimate of drug-likeness (QED) is 0.382. The maximum absolute atomic E-state index is 13.4. The first-order valence-electron chi connectivity index (χ1n) is 10.8. The van der Waals surface area contributed by atoms with Gasteiger partial charge in [-0.25, -0.2) is 4.98 Å². The third-order valence-electron chi connectivity index (χ3n) is 5.97. The average Bonchev–Trinajstić information content (AvgIpc) is 3.54. The van der Waals surface area contributed by atoms with Crippen LogP contribution in [0, 0.1) is 13.8 Å². The molecule has 6 nitrogen and oxygen atoms in total. The van der Waals surface area contributed by atoms with E-state index >= 15 is 0 Å². The van der Waals surface area contributed by atoms with Gasteiger partial charge in [-0.1, -0.05) is 23.7 Å². The van der Waals surface area contributed by atoms with Crippen molar-refractivity contribution >= 4 is 50.7 Å². The van der Waals surface area contributed by atoms with Crippen molar-refractivity contribution in [3.05, 3.63) is 73.8 Å². The summed E-state index contributed by atoms with van der Waals surface area (Å²) in [6.07, 6.45) is 3.57. The molecule has 4 heterocycles. The minimum Gasteiger partial charge on any atom is -0.457 e. The number of thiophene rings is 1. The van der Waals surface area contributed by atoms with Gasteiger partial charge in [-0.15, -0.1) is 11.3 Å². The number of nitrogens with zero attached hydrogens (tertiary/aromatic N) is 2. The number of halogens is 1. The molecule has 1 aliphatic heterocycles. The second-order valence-electron chi connectivity index (χ2n) is 8.12. The Balaban J connectivity index is 1.62. The summed E-state index contributed by atoms with van der Waals surface area (Å²) in [5, 5.41) is 1.16. The summed E-state index contributed by atoms with van der Waals surface area (Å²) in [6.45, 7) is 5.24. The van der Waals surface area contributed by atoms with Crippen molar-refractivity contribution in [1.82, 2.24) is 14.9 Å². The number of carbonyl (C=O) groups excluding carboxylic acids is 1. The summed E-state index contributed by atoms with van der Waals surface area (Å²) in [7, 11) is 0. The van der Waals surface area contributed by atoms with E-state index in [9.17, 15) is 9.59 Å². The lowest BCUT2D eigenvalue weighted by atomic mass is 10.1. The fourth-order valence-electron chi connectivity index (χ4n) is 4.08. The van der Waals surface area contributed by atoms with Crippen LogP contribution in [0.2, 0.25) is 5.02 Å². The van der Waals surface area contributed by atoms with E-state index in [0.717, 1.165) is 28.8 Å². The molecule has 5 rings (SSSR count). The molecule has 4 aromatic rings. The van der Waals surface area contributed by atoms with Crippen molar-refractivity contribution in [2.75, 3.05) is 13.1 Å². The van der Waals surface area contributed by atoms with Gasteiger partial charge < -0.3 is 14.3 Å². The summed E-state index contributed by atoms with van der Waals surface area (Å²) < 4.78 is 6.01. The van der Waals surface area contributed by atoms with E-state index in [1.807, 2.05) is 38.1 Å². The minimum atomic E-state index is -0.242. The summed E-state index contributed by atoms with van der Waals surface area (Å²) in [6, 6.07) is 11.0. The van der Waals surface area contributed by atoms with Crippen LogP contribution in [0.4, 0.5) is 0 Å². The highest BCUT2D eigenvalue weighted by Gasteiger charge is 2.26. The zero-order chi connectivity index (χ0) is 23.1. The molecular weight excluding hydrogens is 458 g/mol. The van der Waals surface area contributed by atoms with Crippen LogP contribution in [0.5, 0.6) is 0 Å². The van der Waals surface area contributed by atoms with Crippen LogP contribution in [0.1, 0.15) is 34.9 Å². The third kappa shape index (κ3) is 4.03. The number of likely N-dealkylation sites (tertiary alicyclic amines) is 1. The number of hydrogen-bond donors (Lipinski definition) is 1. The van der Waals surface area contributed by atoms with Gasteiger partial charge in [0.15, 0.2) is 0 Å². The number of nitrogens with one attached hydrogen (secondary N) is 1. The number of hydrogen-bond acceptors (Lipinski definition) is 5. The molecule has 0 aliphatic carbocycles. The molecule has 1 aromatic carbocycles. The summed E-state index contributed by atoms with van der Waals surface area (Å²) in [5.74, 6) is 1.16. The largest absolute Gasteiger partial charge is 0.457 e. The summed E-state index contributed by atoms with van der Waals surface area (Å²) in [5.41, 5.74) is 1.75. The molecule has 0 bridgehead atoms. The van der Waals surface area contributed by atoms with E-state index in [-0.39, 0.29) is 17.3 Å². The lowest BCUT2D eigenvalue weighted by Gasteiger charge is -2.17. The van der Waals surface area contributed by atoms with E-state index < -0.39 is 0 Å². The number of amides is 1. The van der Waals surface area contributed by atoms with Crippen molar-refractivity contribution in [2.45, 2.75) is 26.7 Å². The van der Waals surface area contributed by atoms with Crippen LogP contribution in [0.3, 0.4) is 0 Å². The maximum Gasteiger partial charge on any atom is 0.260 e. The molecule has 3 aromatic heterocycles. The zero-order valence-corrected chi connectivity index (χ0v) is 19.8. The number of benzene rings is 1. The highest BCUT2D eigenvalue weighted by atomic mass is 35.5. The number of aromatic amines is 1. The number of fused-ring (bicyclic) bond motifs is 1. The Morgan fingerprint density at radius 1 is 1.18 bits per heavy atom. The lowest BCUT2D eigenvalue weighted by Crippen LogP contribution is -2.29. The van der Waals surface area contributed by atoms with Crippen LogP contribution in [0.25, 0.3) is 33.2 Å². The summed E-state index contributed by atoms with van der Waals surface area (Å²) >= 11 is 7.77. The van der Waals surface area contributed by atoms with Crippen LogP contribution >= 0.6 is 22.9 Å². The Hall–Kier alpha value is -3.16. The molecule has 1 aliphatic rings. The van der Waals surface area contributed by atoms with Crippen molar-refractivity contribution in [3.8, 4) is 11.3 Å². The number of aromatic nitrogens is 2. The highest BCUT2D eigenvalue weighted by molar-refractivity contribution is 7.18. The van der Waals surface area contributed by atoms with Crippen LogP contribution < -0.4 is 5.56 Å². The molecule has 1 N–H and O–H groups in total. The molecule has 0 saturated carbocycles. The van der Waals surface area contributed by atoms with Crippen LogP contribution in [-0.4, -0.2) is 33.9 Å². The first kappa shape index (κ1) is 21.7. The third-order valence-corrected chi connectivity index (χ3v) is 7.40. The van der Waals surface area contributed by atoms with Crippen molar-refractivity contribution in [3.63, 3.8) is 0 Å². The fraction of sp³-hybridized carbons (Fsp3) is 0.240. The van der Waals surface area contributed by atoms with E-state index in [4.69, 9.17) is 16.0 Å². The smallest absolute Gasteiger partial charge is 0.260 e. The van der Waals surface area contributed by atoms with E-state index in [2.05, 4.69) is 9.97 Å². The topological polar surface area (TPSA) is 79.2 Å². The molecule has 0 radical (unpaired) electrons. The van der Waals surface area contributed by atoms with Crippen LogP contribution in [-0.2, 0) is 4.79 Å². The fourth-order valence-corrected chi connectivity index (χ4v) is 5.34. The first-order valence-corrected chi connectivity index (χ1v) is 12.0.